The lowest BCUT2D eigenvalue weighted by atomic mass is 9.91. The second kappa shape index (κ2) is 5.02. The first-order chi connectivity index (χ1) is 8.20. The predicted octanol–water partition coefficient (Wildman–Crippen LogP) is 3.56. The molecule has 1 atom stereocenters. The SMILES string of the molecule is O=C(O)[C@@H](c1ccccc1)c1ccccc1Cl. The summed E-state index contributed by atoms with van der Waals surface area (Å²) in [5.41, 5.74) is 1.35. The maximum absolute atomic E-state index is 11.4. The van der Waals surface area contributed by atoms with Crippen molar-refractivity contribution in [1.82, 2.24) is 0 Å². The summed E-state index contributed by atoms with van der Waals surface area (Å²) in [6.45, 7) is 0. The molecule has 0 fully saturated rings. The summed E-state index contributed by atoms with van der Waals surface area (Å²) in [7, 11) is 0. The van der Waals surface area contributed by atoms with E-state index in [1.807, 2.05) is 18.2 Å². The van der Waals surface area contributed by atoms with E-state index in [4.69, 9.17) is 11.6 Å². The van der Waals surface area contributed by atoms with Crippen molar-refractivity contribution < 1.29 is 9.90 Å². The normalized spacial score (nSPS) is 12.1. The van der Waals surface area contributed by atoms with Gasteiger partial charge >= 0.3 is 5.97 Å². The summed E-state index contributed by atoms with van der Waals surface area (Å²) in [4.78, 5) is 11.4. The Labute approximate surface area is 104 Å². The van der Waals surface area contributed by atoms with Crippen LogP contribution < -0.4 is 0 Å². The van der Waals surface area contributed by atoms with Crippen molar-refractivity contribution in [1.29, 1.82) is 0 Å². The van der Waals surface area contributed by atoms with Crippen LogP contribution >= 0.6 is 11.6 Å². The van der Waals surface area contributed by atoms with Gasteiger partial charge < -0.3 is 5.11 Å². The van der Waals surface area contributed by atoms with Gasteiger partial charge in [-0.15, -0.1) is 0 Å². The molecule has 1 N–H and O–H groups in total. The van der Waals surface area contributed by atoms with Crippen molar-refractivity contribution in [3.05, 3.63) is 70.7 Å². The molecule has 0 bridgehead atoms. The van der Waals surface area contributed by atoms with Gasteiger partial charge in [0.25, 0.3) is 0 Å². The zero-order chi connectivity index (χ0) is 12.3. The summed E-state index contributed by atoms with van der Waals surface area (Å²) < 4.78 is 0. The fourth-order valence-corrected chi connectivity index (χ4v) is 2.05. The molecule has 17 heavy (non-hydrogen) atoms. The lowest BCUT2D eigenvalue weighted by Gasteiger charge is -2.14. The molecule has 3 heteroatoms. The van der Waals surface area contributed by atoms with Crippen LogP contribution in [0.1, 0.15) is 17.0 Å². The van der Waals surface area contributed by atoms with Crippen LogP contribution in [-0.2, 0) is 4.79 Å². The molecule has 0 aromatic heterocycles. The largest absolute Gasteiger partial charge is 0.481 e. The van der Waals surface area contributed by atoms with Gasteiger partial charge in [0, 0.05) is 5.02 Å². The molecular formula is C14H11ClO2. The molecule has 0 unspecified atom stereocenters. The minimum Gasteiger partial charge on any atom is -0.481 e. The van der Waals surface area contributed by atoms with Crippen LogP contribution in [0.3, 0.4) is 0 Å². The number of hydrogen-bond acceptors (Lipinski definition) is 1. The Morgan fingerprint density at radius 2 is 1.59 bits per heavy atom. The zero-order valence-corrected chi connectivity index (χ0v) is 9.76. The van der Waals surface area contributed by atoms with Gasteiger partial charge in [-0.05, 0) is 17.2 Å². The van der Waals surface area contributed by atoms with E-state index < -0.39 is 11.9 Å². The third-order valence-electron chi connectivity index (χ3n) is 2.60. The fraction of sp³-hybridized carbons (Fsp3) is 0.0714. The number of aliphatic carboxylic acids is 1. The Bertz CT molecular complexity index is 523. The van der Waals surface area contributed by atoms with Crippen LogP contribution in [-0.4, -0.2) is 11.1 Å². The number of carboxylic acids is 1. The molecule has 0 aliphatic heterocycles. The number of rotatable bonds is 3. The van der Waals surface area contributed by atoms with Gasteiger partial charge in [0.15, 0.2) is 0 Å². The van der Waals surface area contributed by atoms with Gasteiger partial charge in [-0.25, -0.2) is 0 Å². The first kappa shape index (κ1) is 11.7. The Balaban J connectivity index is 2.51. The quantitative estimate of drug-likeness (QED) is 0.899. The number of halogens is 1. The van der Waals surface area contributed by atoms with Crippen LogP contribution in [0.25, 0.3) is 0 Å². The molecule has 0 heterocycles. The lowest BCUT2D eigenvalue weighted by Crippen LogP contribution is -2.13. The monoisotopic (exact) mass is 246 g/mol. The number of carboxylic acid groups (broad SMARTS) is 1. The van der Waals surface area contributed by atoms with Crippen LogP contribution in [0, 0.1) is 0 Å². The third-order valence-corrected chi connectivity index (χ3v) is 2.94. The van der Waals surface area contributed by atoms with Gasteiger partial charge in [0.1, 0.15) is 5.92 Å². The molecule has 2 aromatic carbocycles. The topological polar surface area (TPSA) is 37.3 Å². The van der Waals surface area contributed by atoms with E-state index in [2.05, 4.69) is 0 Å². The summed E-state index contributed by atoms with van der Waals surface area (Å²) in [6.07, 6.45) is 0. The van der Waals surface area contributed by atoms with Crippen LogP contribution in [0.4, 0.5) is 0 Å². The van der Waals surface area contributed by atoms with Gasteiger partial charge in [-0.3, -0.25) is 4.79 Å². The van der Waals surface area contributed by atoms with E-state index in [0.29, 0.717) is 10.6 Å². The van der Waals surface area contributed by atoms with Gasteiger partial charge in [-0.2, -0.15) is 0 Å². The maximum atomic E-state index is 11.4. The molecule has 0 spiro atoms. The molecule has 0 aliphatic rings. The van der Waals surface area contributed by atoms with Crippen molar-refractivity contribution in [3.63, 3.8) is 0 Å². The highest BCUT2D eigenvalue weighted by atomic mass is 35.5. The lowest BCUT2D eigenvalue weighted by molar-refractivity contribution is -0.137. The highest BCUT2D eigenvalue weighted by molar-refractivity contribution is 6.31. The Hall–Kier alpha value is -1.80. The molecule has 0 amide bonds. The van der Waals surface area contributed by atoms with Crippen molar-refractivity contribution in [2.24, 2.45) is 0 Å². The van der Waals surface area contributed by atoms with E-state index >= 15 is 0 Å². The zero-order valence-electron chi connectivity index (χ0n) is 9.01. The highest BCUT2D eigenvalue weighted by Gasteiger charge is 2.23. The first-order valence-electron chi connectivity index (χ1n) is 5.22. The minimum absolute atomic E-state index is 0.476. The first-order valence-corrected chi connectivity index (χ1v) is 5.60. The van der Waals surface area contributed by atoms with Crippen LogP contribution in [0.5, 0.6) is 0 Å². The maximum Gasteiger partial charge on any atom is 0.315 e. The molecule has 0 saturated heterocycles. The summed E-state index contributed by atoms with van der Waals surface area (Å²) >= 11 is 6.05. The fourth-order valence-electron chi connectivity index (χ4n) is 1.81. The molecule has 2 aromatic rings. The van der Waals surface area contributed by atoms with Crippen molar-refractivity contribution >= 4 is 17.6 Å². The molecule has 86 valence electrons. The number of benzene rings is 2. The summed E-state index contributed by atoms with van der Waals surface area (Å²) in [5.74, 6) is -1.62. The van der Waals surface area contributed by atoms with E-state index in [9.17, 15) is 9.90 Å². The molecule has 0 saturated carbocycles. The molecule has 0 aliphatic carbocycles. The molecule has 2 nitrogen and oxygen atoms in total. The summed E-state index contributed by atoms with van der Waals surface area (Å²) in [5, 5.41) is 9.82. The second-order valence-corrected chi connectivity index (χ2v) is 4.11. The highest BCUT2D eigenvalue weighted by Crippen LogP contribution is 2.30. The average Bonchev–Trinajstić information content (AvgIpc) is 2.33. The standard InChI is InChI=1S/C14H11ClO2/c15-12-9-5-4-8-11(12)13(14(16)17)10-6-2-1-3-7-10/h1-9,13H,(H,16,17)/t13-/m0/s1. The predicted molar refractivity (Wildman–Crippen MR) is 67.4 cm³/mol. The van der Waals surface area contributed by atoms with Crippen molar-refractivity contribution in [2.45, 2.75) is 5.92 Å². The van der Waals surface area contributed by atoms with E-state index in [1.54, 1.807) is 36.4 Å². The van der Waals surface area contributed by atoms with E-state index in [0.717, 1.165) is 5.56 Å². The summed E-state index contributed by atoms with van der Waals surface area (Å²) in [6, 6.07) is 16.1. The molecular weight excluding hydrogens is 236 g/mol. The van der Waals surface area contributed by atoms with E-state index in [-0.39, 0.29) is 0 Å². The smallest absolute Gasteiger partial charge is 0.315 e. The van der Waals surface area contributed by atoms with Crippen molar-refractivity contribution in [2.75, 3.05) is 0 Å². The van der Waals surface area contributed by atoms with Crippen LogP contribution in [0.2, 0.25) is 5.02 Å². The van der Waals surface area contributed by atoms with Gasteiger partial charge in [-0.1, -0.05) is 60.1 Å². The van der Waals surface area contributed by atoms with Gasteiger partial charge in [0.05, 0.1) is 0 Å². The number of hydrogen-bond donors (Lipinski definition) is 1. The average molecular weight is 247 g/mol. The van der Waals surface area contributed by atoms with Crippen LogP contribution in [0.15, 0.2) is 54.6 Å². The minimum atomic E-state index is -0.899. The third kappa shape index (κ3) is 2.48. The Morgan fingerprint density at radius 1 is 1.00 bits per heavy atom. The van der Waals surface area contributed by atoms with E-state index in [1.165, 1.54) is 0 Å². The Morgan fingerprint density at radius 3 is 2.18 bits per heavy atom. The number of carbonyl (C=O) groups is 1. The van der Waals surface area contributed by atoms with Gasteiger partial charge in [0.2, 0.25) is 0 Å². The molecule has 2 rings (SSSR count). The molecule has 0 radical (unpaired) electrons. The second-order valence-electron chi connectivity index (χ2n) is 3.70. The Kier molecular flexibility index (Phi) is 3.45. The van der Waals surface area contributed by atoms with Crippen molar-refractivity contribution in [3.8, 4) is 0 Å².